The quantitative estimate of drug-likeness (QED) is 0.635. The second-order valence-corrected chi connectivity index (χ2v) is 7.35. The molecule has 8 heteroatoms. The van der Waals surface area contributed by atoms with Gasteiger partial charge in [0.15, 0.2) is 5.84 Å². The summed E-state index contributed by atoms with van der Waals surface area (Å²) in [4.78, 5) is 0. The number of hydrazine groups is 2. The third-order valence-corrected chi connectivity index (χ3v) is 5.47. The molecule has 7 nitrogen and oxygen atoms in total. The minimum atomic E-state index is 0.636. The number of halogens is 1. The second-order valence-electron chi connectivity index (χ2n) is 6.59. The smallest absolute Gasteiger partial charge is 0.177 e. The minimum Gasteiger partial charge on any atom is -0.497 e. The molecule has 0 amide bonds. The first kappa shape index (κ1) is 18.5. The number of methoxy groups -OCH3 is 1. The zero-order chi connectivity index (χ0) is 19.7. The molecule has 144 valence electrons. The SMILES string of the molecule is COc1ccc(CN2NNN=C2c2cnn(-c3c(C)cccc3C)c2Br)cc1. The van der Waals surface area contributed by atoms with E-state index >= 15 is 0 Å². The van der Waals surface area contributed by atoms with Gasteiger partial charge in [-0.15, -0.1) is 10.6 Å². The van der Waals surface area contributed by atoms with Crippen LogP contribution < -0.4 is 15.8 Å². The number of rotatable bonds is 5. The van der Waals surface area contributed by atoms with E-state index in [0.29, 0.717) is 6.54 Å². The minimum absolute atomic E-state index is 0.636. The van der Waals surface area contributed by atoms with E-state index in [4.69, 9.17) is 4.74 Å². The molecule has 2 heterocycles. The molecule has 0 unspecified atom stereocenters. The standard InChI is InChI=1S/C20H21BrN6O/c1-13-5-4-6-14(2)18(13)27-19(21)17(11-22-27)20-23-24-25-26(20)12-15-7-9-16(28-3)10-8-15/h4-11,24-25H,12H2,1-3H3. The fraction of sp³-hybridized carbons (Fsp3) is 0.200. The molecule has 4 rings (SSSR count). The van der Waals surface area contributed by atoms with Crippen LogP contribution in [0.2, 0.25) is 0 Å². The molecule has 2 N–H and O–H groups in total. The molecule has 0 radical (unpaired) electrons. The zero-order valence-corrected chi connectivity index (χ0v) is 17.5. The number of ether oxygens (including phenoxy) is 1. The average molecular weight is 441 g/mol. The van der Waals surface area contributed by atoms with E-state index < -0.39 is 0 Å². The van der Waals surface area contributed by atoms with Gasteiger partial charge in [0, 0.05) is 0 Å². The largest absolute Gasteiger partial charge is 0.497 e. The Morgan fingerprint density at radius 3 is 2.46 bits per heavy atom. The van der Waals surface area contributed by atoms with Crippen LogP contribution in [-0.4, -0.2) is 27.7 Å². The maximum atomic E-state index is 5.23. The topological polar surface area (TPSA) is 66.7 Å². The monoisotopic (exact) mass is 440 g/mol. The third kappa shape index (κ3) is 3.36. The van der Waals surface area contributed by atoms with Crippen LogP contribution in [0.5, 0.6) is 5.75 Å². The Balaban J connectivity index is 1.62. The van der Waals surface area contributed by atoms with Crippen molar-refractivity contribution >= 4 is 21.8 Å². The van der Waals surface area contributed by atoms with E-state index in [1.807, 2.05) is 40.2 Å². The molecular formula is C20H21BrN6O. The van der Waals surface area contributed by atoms with E-state index in [1.54, 1.807) is 7.11 Å². The van der Waals surface area contributed by atoms with Gasteiger partial charge in [-0.1, -0.05) is 30.3 Å². The molecule has 0 aliphatic carbocycles. The van der Waals surface area contributed by atoms with Crippen LogP contribution in [0.3, 0.4) is 0 Å². The Labute approximate surface area is 172 Å². The van der Waals surface area contributed by atoms with Crippen molar-refractivity contribution in [1.82, 2.24) is 25.9 Å². The van der Waals surface area contributed by atoms with Crippen molar-refractivity contribution in [3.05, 3.63) is 75.5 Å². The van der Waals surface area contributed by atoms with Gasteiger partial charge < -0.3 is 4.74 Å². The Bertz CT molecular complexity index is 1010. The summed E-state index contributed by atoms with van der Waals surface area (Å²) in [7, 11) is 1.66. The Morgan fingerprint density at radius 1 is 1.07 bits per heavy atom. The van der Waals surface area contributed by atoms with E-state index in [2.05, 4.69) is 69.2 Å². The van der Waals surface area contributed by atoms with E-state index in [9.17, 15) is 0 Å². The molecule has 1 aliphatic rings. The average Bonchev–Trinajstić information content (AvgIpc) is 3.29. The number of aryl methyl sites for hydroxylation is 2. The molecular weight excluding hydrogens is 420 g/mol. The van der Waals surface area contributed by atoms with Crippen molar-refractivity contribution in [2.45, 2.75) is 20.4 Å². The van der Waals surface area contributed by atoms with E-state index in [1.165, 1.54) is 0 Å². The summed E-state index contributed by atoms with van der Waals surface area (Å²) in [6.45, 7) is 4.81. The molecule has 3 aromatic rings. The van der Waals surface area contributed by atoms with Gasteiger partial charge in [-0.3, -0.25) is 5.01 Å². The lowest BCUT2D eigenvalue weighted by Crippen LogP contribution is -2.40. The highest BCUT2D eigenvalue weighted by molar-refractivity contribution is 9.10. The number of benzene rings is 2. The zero-order valence-electron chi connectivity index (χ0n) is 15.9. The number of nitrogens with one attached hydrogen (secondary N) is 2. The predicted octanol–water partition coefficient (Wildman–Crippen LogP) is 3.45. The van der Waals surface area contributed by atoms with Gasteiger partial charge in [0.25, 0.3) is 0 Å². The predicted molar refractivity (Wildman–Crippen MR) is 112 cm³/mol. The van der Waals surface area contributed by atoms with Crippen LogP contribution >= 0.6 is 15.9 Å². The van der Waals surface area contributed by atoms with Gasteiger partial charge in [0.1, 0.15) is 10.4 Å². The molecule has 0 atom stereocenters. The normalized spacial score (nSPS) is 13.4. The highest BCUT2D eigenvalue weighted by atomic mass is 79.9. The Hall–Kier alpha value is -2.84. The van der Waals surface area contributed by atoms with Crippen molar-refractivity contribution in [1.29, 1.82) is 0 Å². The number of hydrogen-bond donors (Lipinski definition) is 2. The van der Waals surface area contributed by atoms with Gasteiger partial charge in [-0.2, -0.15) is 5.10 Å². The number of hydrazone groups is 1. The van der Waals surface area contributed by atoms with Gasteiger partial charge >= 0.3 is 0 Å². The maximum absolute atomic E-state index is 5.23. The molecule has 28 heavy (non-hydrogen) atoms. The molecule has 0 saturated heterocycles. The molecule has 2 aromatic carbocycles. The summed E-state index contributed by atoms with van der Waals surface area (Å²) >= 11 is 3.72. The number of amidine groups is 1. The summed E-state index contributed by atoms with van der Waals surface area (Å²) in [6.07, 6.45) is 1.82. The van der Waals surface area contributed by atoms with Crippen LogP contribution in [0.4, 0.5) is 0 Å². The van der Waals surface area contributed by atoms with Crippen molar-refractivity contribution in [3.63, 3.8) is 0 Å². The lowest BCUT2D eigenvalue weighted by molar-refractivity contribution is 0.288. The summed E-state index contributed by atoms with van der Waals surface area (Å²) in [5, 5.41) is 11.0. The van der Waals surface area contributed by atoms with Crippen molar-refractivity contribution in [3.8, 4) is 11.4 Å². The third-order valence-electron chi connectivity index (χ3n) is 4.70. The van der Waals surface area contributed by atoms with Crippen LogP contribution in [0.25, 0.3) is 5.69 Å². The molecule has 0 fully saturated rings. The fourth-order valence-electron chi connectivity index (χ4n) is 3.26. The van der Waals surface area contributed by atoms with E-state index in [-0.39, 0.29) is 0 Å². The van der Waals surface area contributed by atoms with Crippen molar-refractivity contribution in [2.75, 3.05) is 7.11 Å². The summed E-state index contributed by atoms with van der Waals surface area (Å²) in [6, 6.07) is 14.2. The number of para-hydroxylation sites is 1. The Morgan fingerprint density at radius 2 is 1.79 bits per heavy atom. The number of hydrogen-bond acceptors (Lipinski definition) is 6. The van der Waals surface area contributed by atoms with Gasteiger partial charge in [0.2, 0.25) is 0 Å². The first-order valence-corrected chi connectivity index (χ1v) is 9.67. The van der Waals surface area contributed by atoms with Gasteiger partial charge in [-0.25, -0.2) is 10.2 Å². The first-order valence-electron chi connectivity index (χ1n) is 8.88. The molecule has 1 aliphatic heterocycles. The highest BCUT2D eigenvalue weighted by Crippen LogP contribution is 2.27. The van der Waals surface area contributed by atoms with Gasteiger partial charge in [0.05, 0.1) is 31.1 Å². The van der Waals surface area contributed by atoms with Crippen LogP contribution in [0.15, 0.2) is 58.4 Å². The van der Waals surface area contributed by atoms with Crippen molar-refractivity contribution < 1.29 is 4.74 Å². The number of nitrogens with zero attached hydrogens (tertiary/aromatic N) is 4. The maximum Gasteiger partial charge on any atom is 0.177 e. The van der Waals surface area contributed by atoms with Crippen molar-refractivity contribution in [2.24, 2.45) is 5.10 Å². The first-order chi connectivity index (χ1) is 13.6. The molecule has 0 saturated carbocycles. The lowest BCUT2D eigenvalue weighted by atomic mass is 10.1. The Kier molecular flexibility index (Phi) is 5.06. The summed E-state index contributed by atoms with van der Waals surface area (Å²) < 4.78 is 7.99. The van der Waals surface area contributed by atoms with Crippen LogP contribution in [-0.2, 0) is 6.54 Å². The molecule has 1 aromatic heterocycles. The lowest BCUT2D eigenvalue weighted by Gasteiger charge is -2.19. The molecule has 0 bridgehead atoms. The molecule has 0 spiro atoms. The highest BCUT2D eigenvalue weighted by Gasteiger charge is 2.25. The van der Waals surface area contributed by atoms with Gasteiger partial charge in [-0.05, 0) is 58.6 Å². The second kappa shape index (κ2) is 7.65. The number of aromatic nitrogens is 2. The van der Waals surface area contributed by atoms with Crippen LogP contribution in [0.1, 0.15) is 22.3 Å². The fourth-order valence-corrected chi connectivity index (χ4v) is 3.81. The summed E-state index contributed by atoms with van der Waals surface area (Å²) in [5.41, 5.74) is 11.3. The van der Waals surface area contributed by atoms with Crippen LogP contribution in [0, 0.1) is 13.8 Å². The summed E-state index contributed by atoms with van der Waals surface area (Å²) in [5.74, 6) is 1.60. The van der Waals surface area contributed by atoms with E-state index in [0.717, 1.165) is 44.1 Å².